The minimum atomic E-state index is -0.312. The van der Waals surface area contributed by atoms with Gasteiger partial charge in [0, 0.05) is 11.6 Å². The van der Waals surface area contributed by atoms with E-state index in [0.717, 1.165) is 23.2 Å². The molecule has 0 aromatic heterocycles. The van der Waals surface area contributed by atoms with Crippen molar-refractivity contribution >= 4 is 34.9 Å². The fourth-order valence-corrected chi connectivity index (χ4v) is 4.18. The first kappa shape index (κ1) is 16.5. The highest BCUT2D eigenvalue weighted by atomic mass is 35.5. The molecule has 1 N–H and O–H groups in total. The molecule has 128 valence electrons. The van der Waals surface area contributed by atoms with Gasteiger partial charge < -0.3 is 10.1 Å². The van der Waals surface area contributed by atoms with Crippen LogP contribution in [-0.2, 0) is 4.74 Å². The van der Waals surface area contributed by atoms with Gasteiger partial charge in [0.25, 0.3) is 0 Å². The predicted molar refractivity (Wildman–Crippen MR) is 101 cm³/mol. The Morgan fingerprint density at radius 3 is 2.76 bits per heavy atom. The highest BCUT2D eigenvalue weighted by molar-refractivity contribution is 6.42. The summed E-state index contributed by atoms with van der Waals surface area (Å²) in [6.45, 7) is 0. The minimum absolute atomic E-state index is 0.145. The number of allylic oxidation sites excluding steroid dienone is 2. The molecule has 2 aromatic carbocycles. The molecule has 1 heterocycles. The zero-order chi connectivity index (χ0) is 17.6. The zero-order valence-electron chi connectivity index (χ0n) is 13.6. The highest BCUT2D eigenvalue weighted by Crippen LogP contribution is 2.50. The van der Waals surface area contributed by atoms with E-state index in [1.54, 1.807) is 6.07 Å². The van der Waals surface area contributed by atoms with Crippen LogP contribution in [0.4, 0.5) is 5.69 Å². The number of halogens is 2. The van der Waals surface area contributed by atoms with Crippen molar-refractivity contribution in [2.75, 3.05) is 12.4 Å². The van der Waals surface area contributed by atoms with Gasteiger partial charge in [-0.25, -0.2) is 4.79 Å². The molecule has 0 saturated heterocycles. The molecule has 5 heteroatoms. The molecule has 25 heavy (non-hydrogen) atoms. The van der Waals surface area contributed by atoms with Crippen LogP contribution in [0.3, 0.4) is 0 Å². The van der Waals surface area contributed by atoms with Gasteiger partial charge in [-0.3, -0.25) is 0 Å². The Morgan fingerprint density at radius 1 is 1.16 bits per heavy atom. The van der Waals surface area contributed by atoms with E-state index in [0.29, 0.717) is 21.5 Å². The van der Waals surface area contributed by atoms with Gasteiger partial charge in [0.15, 0.2) is 0 Å². The van der Waals surface area contributed by atoms with Crippen LogP contribution in [0.1, 0.15) is 39.9 Å². The van der Waals surface area contributed by atoms with Crippen LogP contribution in [0.15, 0.2) is 48.6 Å². The van der Waals surface area contributed by atoms with Gasteiger partial charge in [-0.2, -0.15) is 0 Å². The second-order valence-corrected chi connectivity index (χ2v) is 7.26. The van der Waals surface area contributed by atoms with Gasteiger partial charge in [-0.1, -0.05) is 41.4 Å². The standard InChI is InChI=1S/C20H17Cl2NO2/c1-25-20(24)12-6-8-18-15(9-12)13-3-2-4-14(13)19(23-18)11-5-7-16(21)17(22)10-11/h2-3,5-10,13-14,19,23H,4H2,1H3/t13-,14+,19+/m1/s1. The Bertz CT molecular complexity index is 878. The average Bonchev–Trinajstić information content (AvgIpc) is 3.12. The third-order valence-corrected chi connectivity index (χ3v) is 5.83. The third-order valence-electron chi connectivity index (χ3n) is 5.09. The summed E-state index contributed by atoms with van der Waals surface area (Å²) in [4.78, 5) is 11.9. The van der Waals surface area contributed by atoms with E-state index in [9.17, 15) is 4.79 Å². The molecule has 0 bridgehead atoms. The molecule has 1 aliphatic heterocycles. The molecule has 2 aliphatic rings. The summed E-state index contributed by atoms with van der Waals surface area (Å²) in [5, 5.41) is 4.75. The second kappa shape index (κ2) is 6.40. The first-order chi connectivity index (χ1) is 12.1. The Balaban J connectivity index is 1.75. The second-order valence-electron chi connectivity index (χ2n) is 6.44. The molecule has 0 spiro atoms. The first-order valence-corrected chi connectivity index (χ1v) is 8.94. The zero-order valence-corrected chi connectivity index (χ0v) is 15.1. The van der Waals surface area contributed by atoms with Crippen LogP contribution >= 0.6 is 23.2 Å². The van der Waals surface area contributed by atoms with E-state index in [1.807, 2.05) is 30.3 Å². The Labute approximate surface area is 156 Å². The molecule has 3 nitrogen and oxygen atoms in total. The maximum absolute atomic E-state index is 11.9. The SMILES string of the molecule is COC(=O)c1ccc2c(c1)[C@@H]1C=CC[C@@H]1[C@H](c1ccc(Cl)c(Cl)c1)N2. The number of carbonyl (C=O) groups is 1. The van der Waals surface area contributed by atoms with Crippen molar-refractivity contribution in [3.05, 3.63) is 75.3 Å². The fraction of sp³-hybridized carbons (Fsp3) is 0.250. The molecular formula is C20H17Cl2NO2. The lowest BCUT2D eigenvalue weighted by Crippen LogP contribution is -2.29. The normalized spacial score (nSPS) is 23.6. The molecule has 1 aliphatic carbocycles. The monoisotopic (exact) mass is 373 g/mol. The molecular weight excluding hydrogens is 357 g/mol. The third kappa shape index (κ3) is 2.82. The van der Waals surface area contributed by atoms with E-state index in [1.165, 1.54) is 7.11 Å². The van der Waals surface area contributed by atoms with Crippen LogP contribution in [0.2, 0.25) is 10.0 Å². The number of methoxy groups -OCH3 is 1. The number of carbonyl (C=O) groups excluding carboxylic acids is 1. The van der Waals surface area contributed by atoms with E-state index in [4.69, 9.17) is 27.9 Å². The van der Waals surface area contributed by atoms with Crippen LogP contribution in [0, 0.1) is 5.92 Å². The molecule has 0 fully saturated rings. The summed E-state index contributed by atoms with van der Waals surface area (Å²) in [6.07, 6.45) is 5.42. The molecule has 0 unspecified atom stereocenters. The van der Waals surface area contributed by atoms with Gasteiger partial charge in [0.05, 0.1) is 28.8 Å². The Hall–Kier alpha value is -1.97. The number of rotatable bonds is 2. The molecule has 4 rings (SSSR count). The van der Waals surface area contributed by atoms with Crippen LogP contribution in [-0.4, -0.2) is 13.1 Å². The van der Waals surface area contributed by atoms with Gasteiger partial charge >= 0.3 is 5.97 Å². The largest absolute Gasteiger partial charge is 0.465 e. The van der Waals surface area contributed by atoms with E-state index >= 15 is 0 Å². The van der Waals surface area contributed by atoms with Crippen molar-refractivity contribution < 1.29 is 9.53 Å². The lowest BCUT2D eigenvalue weighted by atomic mass is 9.76. The van der Waals surface area contributed by atoms with E-state index in [2.05, 4.69) is 17.5 Å². The number of anilines is 1. The number of fused-ring (bicyclic) bond motifs is 3. The van der Waals surface area contributed by atoms with Crippen molar-refractivity contribution in [1.29, 1.82) is 0 Å². The molecule has 0 amide bonds. The summed E-state index contributed by atoms with van der Waals surface area (Å²) < 4.78 is 4.85. The van der Waals surface area contributed by atoms with Crippen molar-refractivity contribution in [3.63, 3.8) is 0 Å². The Morgan fingerprint density at radius 2 is 2.00 bits per heavy atom. The first-order valence-electron chi connectivity index (χ1n) is 8.19. The molecule has 3 atom stereocenters. The number of benzene rings is 2. The van der Waals surface area contributed by atoms with Crippen LogP contribution in [0.5, 0.6) is 0 Å². The lowest BCUT2D eigenvalue weighted by molar-refractivity contribution is 0.0600. The fourth-order valence-electron chi connectivity index (χ4n) is 3.88. The van der Waals surface area contributed by atoms with Gasteiger partial charge in [0.2, 0.25) is 0 Å². The van der Waals surface area contributed by atoms with Gasteiger partial charge in [-0.05, 0) is 53.8 Å². The quantitative estimate of drug-likeness (QED) is 0.549. The van der Waals surface area contributed by atoms with Crippen LogP contribution < -0.4 is 5.32 Å². The summed E-state index contributed by atoms with van der Waals surface area (Å²) in [6, 6.07) is 11.6. The minimum Gasteiger partial charge on any atom is -0.465 e. The summed E-state index contributed by atoms with van der Waals surface area (Å²) in [5.41, 5.74) is 3.88. The topological polar surface area (TPSA) is 38.3 Å². The average molecular weight is 374 g/mol. The maximum atomic E-state index is 11.9. The van der Waals surface area contributed by atoms with Crippen molar-refractivity contribution in [3.8, 4) is 0 Å². The van der Waals surface area contributed by atoms with Crippen molar-refractivity contribution in [2.24, 2.45) is 5.92 Å². The van der Waals surface area contributed by atoms with Gasteiger partial charge in [-0.15, -0.1) is 0 Å². The van der Waals surface area contributed by atoms with E-state index in [-0.39, 0.29) is 17.9 Å². The van der Waals surface area contributed by atoms with Crippen LogP contribution in [0.25, 0.3) is 0 Å². The van der Waals surface area contributed by atoms with Gasteiger partial charge in [0.1, 0.15) is 0 Å². The summed E-state index contributed by atoms with van der Waals surface area (Å²) in [7, 11) is 1.40. The molecule has 0 saturated carbocycles. The predicted octanol–water partition coefficient (Wildman–Crippen LogP) is 5.61. The number of esters is 1. The number of hydrogen-bond donors (Lipinski definition) is 1. The smallest absolute Gasteiger partial charge is 0.337 e. The number of ether oxygens (including phenoxy) is 1. The molecule has 2 aromatic rings. The van der Waals surface area contributed by atoms with E-state index < -0.39 is 0 Å². The van der Waals surface area contributed by atoms with Crippen molar-refractivity contribution in [2.45, 2.75) is 18.4 Å². The maximum Gasteiger partial charge on any atom is 0.337 e. The Kier molecular flexibility index (Phi) is 4.22. The highest BCUT2D eigenvalue weighted by Gasteiger charge is 2.38. The summed E-state index contributed by atoms with van der Waals surface area (Å²) in [5.74, 6) is 0.325. The number of nitrogens with one attached hydrogen (secondary N) is 1. The lowest BCUT2D eigenvalue weighted by Gasteiger charge is -2.37. The number of hydrogen-bond acceptors (Lipinski definition) is 3. The van der Waals surface area contributed by atoms with Crippen molar-refractivity contribution in [1.82, 2.24) is 0 Å². The summed E-state index contributed by atoms with van der Waals surface area (Å²) >= 11 is 12.3. The molecule has 0 radical (unpaired) electrons.